The van der Waals surface area contributed by atoms with Crippen molar-refractivity contribution in [3.05, 3.63) is 0 Å². The molecule has 0 spiro atoms. The number of alkyl halides is 1. The molecule has 0 aromatic carbocycles. The Morgan fingerprint density at radius 1 is 1.46 bits per heavy atom. The van der Waals surface area contributed by atoms with Gasteiger partial charge in [0.05, 0.1) is 0 Å². The molecule has 4 atom stereocenters. The number of ketones is 1. The molecule has 0 aliphatic heterocycles. The van der Waals surface area contributed by atoms with Crippen molar-refractivity contribution in [3.63, 3.8) is 0 Å². The number of aliphatic hydroxyl groups excluding tert-OH is 4. The second-order valence-corrected chi connectivity index (χ2v) is 4.09. The predicted molar refractivity (Wildman–Crippen MR) is 41.0 cm³/mol. The van der Waals surface area contributed by atoms with Crippen LogP contribution >= 0.6 is 0 Å². The van der Waals surface area contributed by atoms with E-state index in [0.29, 0.717) is 0 Å². The molecule has 0 saturated heterocycles. The van der Waals surface area contributed by atoms with Crippen LogP contribution in [-0.4, -0.2) is 55.6 Å². The maximum atomic E-state index is 10.9. The van der Waals surface area contributed by atoms with Gasteiger partial charge in [0, 0.05) is 0 Å². The maximum absolute atomic E-state index is 10.9. The molecular formula is C7H14IO5-. The van der Waals surface area contributed by atoms with E-state index >= 15 is 0 Å². The van der Waals surface area contributed by atoms with E-state index in [0.717, 1.165) is 0 Å². The summed E-state index contributed by atoms with van der Waals surface area (Å²) in [4.78, 5) is 10.9. The van der Waals surface area contributed by atoms with E-state index in [9.17, 15) is 15.0 Å². The first-order chi connectivity index (χ1) is 6.45. The fourth-order valence-corrected chi connectivity index (χ4v) is 1.17. The third-order valence-corrected chi connectivity index (χ3v) is 3.23. The van der Waals surface area contributed by atoms with Gasteiger partial charge in [-0.1, -0.05) is 0 Å². The molecule has 0 aliphatic carbocycles. The topological polar surface area (TPSA) is 98.0 Å². The van der Waals surface area contributed by atoms with Gasteiger partial charge in [-0.15, -0.1) is 0 Å². The van der Waals surface area contributed by atoms with Crippen LogP contribution in [0.5, 0.6) is 0 Å². The van der Waals surface area contributed by atoms with E-state index in [2.05, 4.69) is 0 Å². The summed E-state index contributed by atoms with van der Waals surface area (Å²) in [5.41, 5.74) is 0. The van der Waals surface area contributed by atoms with Crippen molar-refractivity contribution in [3.8, 4) is 0 Å². The number of Topliss-reactive ketones (excluding diaryl/α,β-unsaturated/α-hetero) is 1. The van der Waals surface area contributed by atoms with Crippen molar-refractivity contribution in [2.24, 2.45) is 0 Å². The summed E-state index contributed by atoms with van der Waals surface area (Å²) in [5.74, 6) is -0.385. The Hall–Kier alpha value is 0.240. The Labute approximate surface area is 90.0 Å². The standard InChI is InChI=1S/C7H14IO5/c1-3(10)5(8)7(13)6(12)4(11)2-9/h4-9,11-13H,2H2,1H3/q-1/t4-,5+,6-,7-/m1/s1/i8D. The first-order valence-electron chi connectivity index (χ1n) is 4.09. The molecule has 0 unspecified atom stereocenters. The third kappa shape index (κ3) is 3.86. The van der Waals surface area contributed by atoms with Crippen LogP contribution in [-0.2, 0) is 4.79 Å². The molecule has 0 aliphatic rings. The number of halogens is 1. The van der Waals surface area contributed by atoms with Gasteiger partial charge in [-0.2, -0.15) is 0 Å². The minimum absolute atomic E-state index is 0.385. The molecule has 13 heavy (non-hydrogen) atoms. The fourth-order valence-electron chi connectivity index (χ4n) is 0.749. The van der Waals surface area contributed by atoms with Crippen molar-refractivity contribution in [1.29, 1.82) is 0.594 Å². The second kappa shape index (κ2) is 5.86. The van der Waals surface area contributed by atoms with Crippen LogP contribution < -0.4 is 22.4 Å². The number of hydrogen-bond donors (Lipinski definition) is 4. The van der Waals surface area contributed by atoms with E-state index in [1.54, 1.807) is 0 Å². The molecule has 0 heterocycles. The van der Waals surface area contributed by atoms with E-state index in [-0.39, 0.29) is 5.78 Å². The Bertz CT molecular complexity index is 191. The van der Waals surface area contributed by atoms with E-state index < -0.39 is 51.2 Å². The Morgan fingerprint density at radius 2 is 2.00 bits per heavy atom. The summed E-state index contributed by atoms with van der Waals surface area (Å²) in [6, 6.07) is 0. The molecule has 0 aromatic rings. The predicted octanol–water partition coefficient (Wildman–Crippen LogP) is -5.70. The number of hydrogen-bond acceptors (Lipinski definition) is 5. The van der Waals surface area contributed by atoms with Gasteiger partial charge < -0.3 is 0 Å². The summed E-state index contributed by atoms with van der Waals surface area (Å²) in [5, 5.41) is 36.2. The van der Waals surface area contributed by atoms with Crippen molar-refractivity contribution >= 4 is 5.78 Å². The van der Waals surface area contributed by atoms with Crippen molar-refractivity contribution in [2.45, 2.75) is 29.2 Å². The normalized spacial score (nSPS) is 21.8. The number of carbonyl (C=O) groups excluding carboxylic acids is 1. The van der Waals surface area contributed by atoms with Crippen molar-refractivity contribution in [1.82, 2.24) is 0 Å². The summed E-state index contributed by atoms with van der Waals surface area (Å²) in [6.07, 6.45) is -4.54. The fraction of sp³-hybridized carbons (Fsp3) is 0.857. The number of rotatable bonds is 6. The minimum atomic E-state index is -1.58. The monoisotopic (exact) mass is 306 g/mol. The molecule has 0 saturated carbocycles. The van der Waals surface area contributed by atoms with Gasteiger partial charge in [0.1, 0.15) is 0 Å². The molecule has 0 aromatic heterocycles. The molecule has 0 amide bonds. The van der Waals surface area contributed by atoms with Gasteiger partial charge in [-0.05, 0) is 0 Å². The van der Waals surface area contributed by atoms with Crippen molar-refractivity contribution < 1.29 is 47.6 Å². The van der Waals surface area contributed by atoms with Crippen LogP contribution in [0.1, 0.15) is 6.92 Å². The van der Waals surface area contributed by atoms with E-state index in [4.69, 9.17) is 10.8 Å². The number of aliphatic hydroxyl groups is 4. The summed E-state index contributed by atoms with van der Waals surface area (Å²) in [7, 11) is 0. The van der Waals surface area contributed by atoms with Gasteiger partial charge in [0.15, 0.2) is 0 Å². The SMILES string of the molecule is [2H][I-][C@@H](C(C)=O)[C@@H](O)[C@H](O)[C@H](O)CO. The molecular weight excluding hydrogens is 291 g/mol. The zero-order valence-electron chi connectivity index (χ0n) is 8.09. The Kier molecular flexibility index (Phi) is 5.10. The second-order valence-electron chi connectivity index (χ2n) is 2.74. The molecule has 5 nitrogen and oxygen atoms in total. The van der Waals surface area contributed by atoms with E-state index in [1.165, 1.54) is 6.92 Å². The first kappa shape index (κ1) is 11.3. The quantitative estimate of drug-likeness (QED) is 0.290. The third-order valence-electron chi connectivity index (χ3n) is 1.62. The molecule has 0 radical (unpaired) electrons. The van der Waals surface area contributed by atoms with Gasteiger partial charge in [-0.3, -0.25) is 0 Å². The molecule has 0 rings (SSSR count). The van der Waals surface area contributed by atoms with Crippen LogP contribution in [0.3, 0.4) is 0 Å². The average molecular weight is 306 g/mol. The zero-order valence-corrected chi connectivity index (χ0v) is 9.25. The van der Waals surface area contributed by atoms with Gasteiger partial charge in [0.2, 0.25) is 0 Å². The van der Waals surface area contributed by atoms with Crippen LogP contribution in [0.4, 0.5) is 0 Å². The Balaban J connectivity index is 4.41. The molecule has 4 N–H and O–H groups in total. The summed E-state index contributed by atoms with van der Waals surface area (Å²) < 4.78 is 6.16. The first-order valence-corrected chi connectivity index (χ1v) is 4.96. The van der Waals surface area contributed by atoms with Crippen LogP contribution in [0.2, 0.25) is 0 Å². The Morgan fingerprint density at radius 3 is 2.31 bits per heavy atom. The number of carbonyl (C=O) groups is 1. The van der Waals surface area contributed by atoms with Crippen LogP contribution in [0.25, 0.3) is 0 Å². The molecule has 6 heteroatoms. The molecule has 80 valence electrons. The van der Waals surface area contributed by atoms with Crippen LogP contribution in [0.15, 0.2) is 0 Å². The van der Waals surface area contributed by atoms with Gasteiger partial charge >= 0.3 is 89.8 Å². The molecule has 0 bridgehead atoms. The van der Waals surface area contributed by atoms with Gasteiger partial charge in [-0.25, -0.2) is 0 Å². The van der Waals surface area contributed by atoms with E-state index in [1.807, 2.05) is 0 Å². The van der Waals surface area contributed by atoms with Gasteiger partial charge in [0.25, 0.3) is 0 Å². The summed E-state index contributed by atoms with van der Waals surface area (Å²) in [6.45, 7) is 0.527. The van der Waals surface area contributed by atoms with Crippen molar-refractivity contribution in [2.75, 3.05) is 6.61 Å². The average Bonchev–Trinajstić information content (AvgIpc) is 2.15. The summed E-state index contributed by atoms with van der Waals surface area (Å²) >= 11 is -1.31. The molecule has 0 fully saturated rings. The van der Waals surface area contributed by atoms with Crippen LogP contribution in [0, 0.1) is 0 Å². The zero-order chi connectivity index (χ0) is 11.3.